The Balaban J connectivity index is 2.75. The predicted molar refractivity (Wildman–Crippen MR) is 49.9 cm³/mol. The lowest BCUT2D eigenvalue weighted by molar-refractivity contribution is 0.285. The lowest BCUT2D eigenvalue weighted by atomic mass is 10.2. The van der Waals surface area contributed by atoms with Gasteiger partial charge in [0, 0.05) is 6.54 Å². The number of hydrogen-bond donors (Lipinski definition) is 0. The summed E-state index contributed by atoms with van der Waals surface area (Å²) in [5.41, 5.74) is 0. The van der Waals surface area contributed by atoms with Gasteiger partial charge in [0.15, 0.2) is 6.04 Å². The monoisotopic (exact) mass is 176 g/mol. The van der Waals surface area contributed by atoms with Gasteiger partial charge in [0.25, 0.3) is 0 Å². The highest BCUT2D eigenvalue weighted by molar-refractivity contribution is 5.12. The molecule has 1 heterocycles. The molecule has 13 heavy (non-hydrogen) atoms. The summed E-state index contributed by atoms with van der Waals surface area (Å²) in [7, 11) is 1.86. The van der Waals surface area contributed by atoms with E-state index in [1.807, 2.05) is 11.9 Å². The van der Waals surface area contributed by atoms with Gasteiger partial charge in [-0.2, -0.15) is 5.26 Å². The molecule has 1 aromatic heterocycles. The number of nitriles is 1. The van der Waals surface area contributed by atoms with Crippen LogP contribution in [0.3, 0.4) is 0 Å². The minimum atomic E-state index is -0.326. The number of rotatable bonds is 4. The van der Waals surface area contributed by atoms with Crippen LogP contribution in [0.15, 0.2) is 35.5 Å². The average Bonchev–Trinajstić information content (AvgIpc) is 2.59. The Kier molecular flexibility index (Phi) is 3.30. The van der Waals surface area contributed by atoms with Crippen LogP contribution in [-0.2, 0) is 0 Å². The fraction of sp³-hybridized carbons (Fsp3) is 0.300. The summed E-state index contributed by atoms with van der Waals surface area (Å²) in [5.74, 6) is 0.673. The lowest BCUT2D eigenvalue weighted by Gasteiger charge is -2.18. The van der Waals surface area contributed by atoms with Crippen LogP contribution in [-0.4, -0.2) is 18.5 Å². The van der Waals surface area contributed by atoms with Gasteiger partial charge in [0.2, 0.25) is 0 Å². The summed E-state index contributed by atoms with van der Waals surface area (Å²) in [6, 6.07) is 5.43. The molecule has 3 nitrogen and oxygen atoms in total. The van der Waals surface area contributed by atoms with Crippen LogP contribution >= 0.6 is 0 Å². The SMILES string of the molecule is C=CCN(C)C(C#N)c1ccco1. The molecule has 0 saturated carbocycles. The van der Waals surface area contributed by atoms with E-state index in [9.17, 15) is 0 Å². The van der Waals surface area contributed by atoms with E-state index in [4.69, 9.17) is 9.68 Å². The molecular formula is C10H12N2O. The van der Waals surface area contributed by atoms with E-state index < -0.39 is 0 Å². The molecule has 0 aromatic carbocycles. The summed E-state index contributed by atoms with van der Waals surface area (Å²) in [6.45, 7) is 4.28. The van der Waals surface area contributed by atoms with Gasteiger partial charge < -0.3 is 4.42 Å². The zero-order valence-corrected chi connectivity index (χ0v) is 7.60. The topological polar surface area (TPSA) is 40.2 Å². The molecule has 0 spiro atoms. The maximum Gasteiger partial charge on any atom is 0.156 e. The van der Waals surface area contributed by atoms with Crippen LogP contribution in [0, 0.1) is 11.3 Å². The minimum Gasteiger partial charge on any atom is -0.467 e. The quantitative estimate of drug-likeness (QED) is 0.658. The van der Waals surface area contributed by atoms with E-state index in [0.717, 1.165) is 0 Å². The molecule has 0 amide bonds. The highest BCUT2D eigenvalue weighted by Crippen LogP contribution is 2.18. The summed E-state index contributed by atoms with van der Waals surface area (Å²) in [5, 5.41) is 8.91. The maximum absolute atomic E-state index is 8.91. The Hall–Kier alpha value is -1.53. The van der Waals surface area contributed by atoms with Crippen molar-refractivity contribution in [1.82, 2.24) is 4.90 Å². The van der Waals surface area contributed by atoms with E-state index in [0.29, 0.717) is 12.3 Å². The van der Waals surface area contributed by atoms with Gasteiger partial charge in [-0.1, -0.05) is 6.08 Å². The van der Waals surface area contributed by atoms with E-state index >= 15 is 0 Å². The van der Waals surface area contributed by atoms with E-state index in [1.165, 1.54) is 0 Å². The molecule has 3 heteroatoms. The second-order valence-corrected chi connectivity index (χ2v) is 2.78. The summed E-state index contributed by atoms with van der Waals surface area (Å²) < 4.78 is 5.16. The van der Waals surface area contributed by atoms with Gasteiger partial charge in [-0.25, -0.2) is 0 Å². The van der Waals surface area contributed by atoms with Crippen molar-refractivity contribution in [2.24, 2.45) is 0 Å². The highest BCUT2D eigenvalue weighted by Gasteiger charge is 2.17. The molecule has 0 bridgehead atoms. The molecule has 0 saturated heterocycles. The van der Waals surface area contributed by atoms with Crippen LogP contribution in [0.25, 0.3) is 0 Å². The van der Waals surface area contributed by atoms with Crippen molar-refractivity contribution in [2.75, 3.05) is 13.6 Å². The minimum absolute atomic E-state index is 0.326. The highest BCUT2D eigenvalue weighted by atomic mass is 16.3. The Morgan fingerprint density at radius 2 is 2.62 bits per heavy atom. The molecule has 0 aliphatic heterocycles. The normalized spacial score (nSPS) is 12.4. The first-order chi connectivity index (χ1) is 6.29. The number of nitrogens with zero attached hydrogens (tertiary/aromatic N) is 2. The summed E-state index contributed by atoms with van der Waals surface area (Å²) in [6.07, 6.45) is 3.33. The number of likely N-dealkylation sites (N-methyl/N-ethyl adjacent to an activating group) is 1. The van der Waals surface area contributed by atoms with Crippen molar-refractivity contribution >= 4 is 0 Å². The van der Waals surface area contributed by atoms with Gasteiger partial charge in [0.05, 0.1) is 12.3 Å². The van der Waals surface area contributed by atoms with Crippen LogP contribution in [0.1, 0.15) is 11.8 Å². The smallest absolute Gasteiger partial charge is 0.156 e. The van der Waals surface area contributed by atoms with Gasteiger partial charge in [-0.15, -0.1) is 6.58 Å². The third-order valence-corrected chi connectivity index (χ3v) is 1.79. The molecular weight excluding hydrogens is 164 g/mol. The molecule has 1 atom stereocenters. The van der Waals surface area contributed by atoms with Crippen LogP contribution in [0.5, 0.6) is 0 Å². The Morgan fingerprint density at radius 3 is 3.08 bits per heavy atom. The van der Waals surface area contributed by atoms with Gasteiger partial charge in [0.1, 0.15) is 5.76 Å². The fourth-order valence-corrected chi connectivity index (χ4v) is 1.14. The van der Waals surface area contributed by atoms with Crippen molar-refractivity contribution in [3.8, 4) is 6.07 Å². The van der Waals surface area contributed by atoms with Crippen LogP contribution in [0.4, 0.5) is 0 Å². The van der Waals surface area contributed by atoms with Crippen molar-refractivity contribution in [2.45, 2.75) is 6.04 Å². The van der Waals surface area contributed by atoms with Gasteiger partial charge >= 0.3 is 0 Å². The van der Waals surface area contributed by atoms with Crippen LogP contribution in [0.2, 0.25) is 0 Å². The molecule has 68 valence electrons. The molecule has 1 unspecified atom stereocenters. The molecule has 0 aliphatic rings. The molecule has 0 N–H and O–H groups in total. The number of hydrogen-bond acceptors (Lipinski definition) is 3. The second kappa shape index (κ2) is 4.48. The first kappa shape index (κ1) is 9.56. The first-order valence-corrected chi connectivity index (χ1v) is 4.03. The predicted octanol–water partition coefficient (Wildman–Crippen LogP) is 1.96. The molecule has 0 fully saturated rings. The van der Waals surface area contributed by atoms with Crippen molar-refractivity contribution in [3.63, 3.8) is 0 Å². The van der Waals surface area contributed by atoms with Crippen molar-refractivity contribution < 1.29 is 4.42 Å². The third-order valence-electron chi connectivity index (χ3n) is 1.79. The second-order valence-electron chi connectivity index (χ2n) is 2.78. The van der Waals surface area contributed by atoms with E-state index in [2.05, 4.69) is 12.6 Å². The number of furan rings is 1. The van der Waals surface area contributed by atoms with Crippen LogP contribution < -0.4 is 0 Å². The fourth-order valence-electron chi connectivity index (χ4n) is 1.14. The third kappa shape index (κ3) is 2.20. The van der Waals surface area contributed by atoms with E-state index in [-0.39, 0.29) is 6.04 Å². The Morgan fingerprint density at radius 1 is 1.85 bits per heavy atom. The van der Waals surface area contributed by atoms with E-state index in [1.54, 1.807) is 24.5 Å². The molecule has 1 rings (SSSR count). The molecule has 0 radical (unpaired) electrons. The molecule has 0 aliphatic carbocycles. The summed E-state index contributed by atoms with van der Waals surface area (Å²) >= 11 is 0. The van der Waals surface area contributed by atoms with Crippen molar-refractivity contribution in [3.05, 3.63) is 36.8 Å². The lowest BCUT2D eigenvalue weighted by Crippen LogP contribution is -2.23. The Labute approximate surface area is 77.9 Å². The first-order valence-electron chi connectivity index (χ1n) is 4.03. The zero-order chi connectivity index (χ0) is 9.68. The van der Waals surface area contributed by atoms with Crippen molar-refractivity contribution in [1.29, 1.82) is 5.26 Å². The Bertz CT molecular complexity index is 297. The standard InChI is InChI=1S/C10H12N2O/c1-3-6-12(2)9(8-11)10-5-4-7-13-10/h3-5,7,9H,1,6H2,2H3. The van der Waals surface area contributed by atoms with Gasteiger partial charge in [-0.05, 0) is 19.2 Å². The largest absolute Gasteiger partial charge is 0.467 e. The maximum atomic E-state index is 8.91. The zero-order valence-electron chi connectivity index (χ0n) is 7.60. The summed E-state index contributed by atoms with van der Waals surface area (Å²) in [4.78, 5) is 1.87. The average molecular weight is 176 g/mol. The van der Waals surface area contributed by atoms with Gasteiger partial charge in [-0.3, -0.25) is 4.90 Å². The molecule has 1 aromatic rings.